The molecule has 0 aliphatic heterocycles. The second-order valence-corrected chi connectivity index (χ2v) is 10.0. The van der Waals surface area contributed by atoms with E-state index in [4.69, 9.17) is 0 Å². The van der Waals surface area contributed by atoms with E-state index in [0.29, 0.717) is 0 Å². The maximum absolute atomic E-state index is 4.62. The highest BCUT2D eigenvalue weighted by atomic mass is 32.1. The minimum absolute atomic E-state index is 0.960. The number of hydrogen-bond acceptors (Lipinski definition) is 4. The lowest BCUT2D eigenvalue weighted by Crippen LogP contribution is -1.91. The van der Waals surface area contributed by atoms with Crippen molar-refractivity contribution >= 4 is 90.3 Å². The molecule has 8 aromatic rings. The summed E-state index contributed by atoms with van der Waals surface area (Å²) in [6, 6.07) is 20.0. The van der Waals surface area contributed by atoms with Crippen molar-refractivity contribution in [2.45, 2.75) is 0 Å². The van der Waals surface area contributed by atoms with E-state index in [2.05, 4.69) is 69.0 Å². The Kier molecular flexibility index (Phi) is 2.91. The summed E-state index contributed by atoms with van der Waals surface area (Å²) in [5.41, 5.74) is 2.15. The normalized spacial score (nSPS) is 12.5. The fraction of sp³-hybridized carbons (Fsp3) is 0. The zero-order valence-electron chi connectivity index (χ0n) is 16.2. The molecule has 0 saturated carbocycles. The summed E-state index contributed by atoms with van der Waals surface area (Å²) in [4.78, 5) is 9.01. The van der Waals surface area contributed by atoms with E-state index >= 15 is 0 Å². The molecule has 31 heavy (non-hydrogen) atoms. The molecule has 0 unspecified atom stereocenters. The molecule has 0 aliphatic rings. The smallest absolute Gasteiger partial charge is 0.146 e. The van der Waals surface area contributed by atoms with Crippen molar-refractivity contribution in [2.75, 3.05) is 0 Å². The number of hydrogen-bond donors (Lipinski definition) is 0. The number of nitrogens with zero attached hydrogens (tertiary/aromatic N) is 3. The summed E-state index contributed by atoms with van der Waals surface area (Å²) < 4.78 is 7.57. The van der Waals surface area contributed by atoms with Crippen LogP contribution in [0.5, 0.6) is 0 Å². The Morgan fingerprint density at radius 3 is 2.48 bits per heavy atom. The second-order valence-electron chi connectivity index (χ2n) is 7.89. The molecule has 144 valence electrons. The molecule has 0 fully saturated rings. The van der Waals surface area contributed by atoms with Gasteiger partial charge in [0.1, 0.15) is 5.65 Å². The lowest BCUT2D eigenvalue weighted by Gasteiger charge is -2.09. The van der Waals surface area contributed by atoms with Crippen LogP contribution in [0.15, 0.2) is 79.4 Å². The van der Waals surface area contributed by atoms with Gasteiger partial charge in [-0.3, -0.25) is 9.38 Å². The molecule has 3 aromatic carbocycles. The van der Waals surface area contributed by atoms with E-state index in [9.17, 15) is 0 Å². The van der Waals surface area contributed by atoms with Crippen molar-refractivity contribution in [2.24, 2.45) is 0 Å². The fourth-order valence-corrected chi connectivity index (χ4v) is 7.46. The number of rotatable bonds is 0. The predicted octanol–water partition coefficient (Wildman–Crippen LogP) is 7.77. The first-order valence-electron chi connectivity index (χ1n) is 10.2. The van der Waals surface area contributed by atoms with Gasteiger partial charge in [0, 0.05) is 75.9 Å². The Bertz CT molecular complexity index is 2010. The van der Waals surface area contributed by atoms with Gasteiger partial charge in [0.25, 0.3) is 0 Å². The van der Waals surface area contributed by atoms with Crippen molar-refractivity contribution in [3.8, 4) is 0 Å². The molecule has 5 heteroatoms. The highest BCUT2D eigenvalue weighted by Gasteiger charge is 2.18. The number of imidazole rings is 1. The van der Waals surface area contributed by atoms with Crippen LogP contribution < -0.4 is 0 Å². The van der Waals surface area contributed by atoms with Crippen LogP contribution in [-0.4, -0.2) is 14.4 Å². The summed E-state index contributed by atoms with van der Waals surface area (Å²) in [6.07, 6.45) is 7.75. The Balaban J connectivity index is 1.70. The molecule has 5 aromatic heterocycles. The molecule has 0 amide bonds. The first-order valence-corrected chi connectivity index (χ1v) is 11.8. The molecule has 8 rings (SSSR count). The number of fused-ring (bicyclic) bond motifs is 14. The van der Waals surface area contributed by atoms with E-state index in [-0.39, 0.29) is 0 Å². The molecule has 0 radical (unpaired) electrons. The van der Waals surface area contributed by atoms with Gasteiger partial charge in [-0.05, 0) is 35.7 Å². The summed E-state index contributed by atoms with van der Waals surface area (Å²) in [6.45, 7) is 0. The Labute approximate surface area is 183 Å². The summed E-state index contributed by atoms with van der Waals surface area (Å²) >= 11 is 3.78. The predicted molar refractivity (Wildman–Crippen MR) is 134 cm³/mol. The lowest BCUT2D eigenvalue weighted by atomic mass is 10.0. The highest BCUT2D eigenvalue weighted by Crippen LogP contribution is 2.47. The SMILES string of the molecule is c1ccc2c(c1)sc1ccc3sc4c(ccc5c4c4ccncc4c4nccn54)c3c12. The molecular weight excluding hydrogens is 418 g/mol. The minimum atomic E-state index is 0.960. The van der Waals surface area contributed by atoms with Crippen LogP contribution in [0.1, 0.15) is 0 Å². The fourth-order valence-electron chi connectivity index (χ4n) is 5.08. The number of thiophene rings is 2. The number of pyridine rings is 2. The van der Waals surface area contributed by atoms with Crippen molar-refractivity contribution in [1.29, 1.82) is 0 Å². The molecule has 5 heterocycles. The van der Waals surface area contributed by atoms with E-state index in [1.54, 1.807) is 0 Å². The summed E-state index contributed by atoms with van der Waals surface area (Å²) in [7, 11) is 0. The van der Waals surface area contributed by atoms with Gasteiger partial charge >= 0.3 is 0 Å². The second kappa shape index (κ2) is 5.58. The van der Waals surface area contributed by atoms with E-state index in [1.807, 2.05) is 47.5 Å². The van der Waals surface area contributed by atoms with Crippen molar-refractivity contribution in [3.63, 3.8) is 0 Å². The van der Waals surface area contributed by atoms with Gasteiger partial charge in [-0.15, -0.1) is 22.7 Å². The molecule has 3 nitrogen and oxygen atoms in total. The lowest BCUT2D eigenvalue weighted by molar-refractivity contribution is 1.27. The third-order valence-corrected chi connectivity index (χ3v) is 8.68. The monoisotopic (exact) mass is 431 g/mol. The van der Waals surface area contributed by atoms with Crippen LogP contribution >= 0.6 is 22.7 Å². The number of benzene rings is 3. The Hall–Kier alpha value is -3.54. The maximum Gasteiger partial charge on any atom is 0.146 e. The molecule has 0 bridgehead atoms. The van der Waals surface area contributed by atoms with Crippen LogP contribution in [-0.2, 0) is 0 Å². The van der Waals surface area contributed by atoms with Crippen molar-refractivity contribution in [3.05, 3.63) is 79.4 Å². The minimum Gasteiger partial charge on any atom is -0.299 e. The molecule has 0 spiro atoms. The van der Waals surface area contributed by atoms with Crippen molar-refractivity contribution in [1.82, 2.24) is 14.4 Å². The molecule has 0 N–H and O–H groups in total. The van der Waals surface area contributed by atoms with Gasteiger partial charge in [0.05, 0.1) is 5.52 Å². The van der Waals surface area contributed by atoms with Gasteiger partial charge in [-0.2, -0.15) is 0 Å². The quantitative estimate of drug-likeness (QED) is 0.230. The third kappa shape index (κ3) is 1.93. The largest absolute Gasteiger partial charge is 0.299 e. The Morgan fingerprint density at radius 1 is 0.645 bits per heavy atom. The first-order chi connectivity index (χ1) is 15.4. The van der Waals surface area contributed by atoms with Crippen LogP contribution in [0.3, 0.4) is 0 Å². The molecule has 0 aliphatic carbocycles. The van der Waals surface area contributed by atoms with Crippen LogP contribution in [0.4, 0.5) is 0 Å². The maximum atomic E-state index is 4.62. The first kappa shape index (κ1) is 16.2. The molecule has 0 saturated heterocycles. The van der Waals surface area contributed by atoms with Gasteiger partial charge in [-0.1, -0.05) is 24.3 Å². The van der Waals surface area contributed by atoms with Crippen LogP contribution in [0, 0.1) is 0 Å². The van der Waals surface area contributed by atoms with Gasteiger partial charge in [0.15, 0.2) is 0 Å². The highest BCUT2D eigenvalue weighted by molar-refractivity contribution is 7.28. The zero-order chi connectivity index (χ0) is 20.1. The third-order valence-electron chi connectivity index (χ3n) is 6.35. The van der Waals surface area contributed by atoms with E-state index in [1.165, 1.54) is 56.6 Å². The van der Waals surface area contributed by atoms with Gasteiger partial charge in [0.2, 0.25) is 0 Å². The van der Waals surface area contributed by atoms with E-state index < -0.39 is 0 Å². The average Bonchev–Trinajstić information content (AvgIpc) is 3.53. The topological polar surface area (TPSA) is 30.2 Å². The van der Waals surface area contributed by atoms with Crippen LogP contribution in [0.25, 0.3) is 67.7 Å². The van der Waals surface area contributed by atoms with E-state index in [0.717, 1.165) is 11.0 Å². The standard InChI is InChI=1S/C26H13N3S2/c1-2-4-19-15(3-1)23-20(30-19)7-8-21-24(23)16-5-6-18-22(25(16)31-21)14-9-10-27-13-17(14)26-28-11-12-29(18)26/h1-13H. The van der Waals surface area contributed by atoms with Crippen LogP contribution in [0.2, 0.25) is 0 Å². The zero-order valence-corrected chi connectivity index (χ0v) is 17.8. The summed E-state index contributed by atoms with van der Waals surface area (Å²) in [5.74, 6) is 0. The summed E-state index contributed by atoms with van der Waals surface area (Å²) in [5, 5.41) is 9.05. The average molecular weight is 432 g/mol. The van der Waals surface area contributed by atoms with Gasteiger partial charge < -0.3 is 0 Å². The Morgan fingerprint density at radius 2 is 1.52 bits per heavy atom. The van der Waals surface area contributed by atoms with Gasteiger partial charge in [-0.25, -0.2) is 4.98 Å². The molecule has 0 atom stereocenters. The van der Waals surface area contributed by atoms with Crippen molar-refractivity contribution < 1.29 is 0 Å². The number of aromatic nitrogens is 3. The molecular formula is C26H13N3S2.